The average molecular weight is 416 g/mol. The molecule has 1 aliphatic rings. The van der Waals surface area contributed by atoms with E-state index >= 15 is 0 Å². The van der Waals surface area contributed by atoms with Gasteiger partial charge < -0.3 is 20.6 Å². The molecule has 148 valence electrons. The lowest BCUT2D eigenvalue weighted by molar-refractivity contribution is 0.510. The Morgan fingerprint density at radius 1 is 1.10 bits per heavy atom. The maximum atomic E-state index is 14.0. The number of imidazole rings is 1. The molecule has 1 aliphatic heterocycles. The lowest BCUT2D eigenvalue weighted by Crippen LogP contribution is -2.25. The van der Waals surface area contributed by atoms with Crippen molar-refractivity contribution in [3.8, 4) is 11.4 Å². The molecule has 0 spiro atoms. The Balaban J connectivity index is 1.78. The summed E-state index contributed by atoms with van der Waals surface area (Å²) in [6.07, 6.45) is 0.840. The smallest absolute Gasteiger partial charge is 0.261 e. The van der Waals surface area contributed by atoms with Gasteiger partial charge in [-0.25, -0.2) is 13.8 Å². The molecule has 1 saturated heterocycles. The van der Waals surface area contributed by atoms with E-state index in [4.69, 9.17) is 11.6 Å². The number of nitrogens with zero attached hydrogens (tertiary/aromatic N) is 1. The van der Waals surface area contributed by atoms with Crippen LogP contribution in [0.25, 0.3) is 33.3 Å². The summed E-state index contributed by atoms with van der Waals surface area (Å²) in [5.74, 6) is -1.68. The summed E-state index contributed by atoms with van der Waals surface area (Å²) >= 11 is 6.05. The van der Waals surface area contributed by atoms with Gasteiger partial charge in [0.15, 0.2) is 11.6 Å². The summed E-state index contributed by atoms with van der Waals surface area (Å²) in [7, 11) is 0. The molecule has 29 heavy (non-hydrogen) atoms. The lowest BCUT2D eigenvalue weighted by atomic mass is 10.1. The molecule has 6 nitrogen and oxygen atoms in total. The standard InChI is InChI=1S/C20H16ClF2N5O/c21-9-1-2-14-16(5-9)27-19(26-14)17-18(25-10-3-4-24-8-10)11-6-12(22)13(23)7-15(11)28-20(17)29/h1-2,5-7,10,24H,3-4,8H2,(H,26,27)(H2,25,28,29). The molecule has 4 N–H and O–H groups in total. The van der Waals surface area contributed by atoms with Crippen molar-refractivity contribution >= 4 is 39.2 Å². The fraction of sp³-hybridized carbons (Fsp3) is 0.200. The fourth-order valence-corrected chi connectivity index (χ4v) is 3.92. The fourth-order valence-electron chi connectivity index (χ4n) is 3.75. The molecule has 4 aromatic rings. The van der Waals surface area contributed by atoms with Gasteiger partial charge in [-0.1, -0.05) is 11.6 Å². The van der Waals surface area contributed by atoms with Gasteiger partial charge in [0, 0.05) is 29.1 Å². The molecule has 2 aromatic carbocycles. The van der Waals surface area contributed by atoms with Crippen LogP contribution in [0.1, 0.15) is 6.42 Å². The summed E-state index contributed by atoms with van der Waals surface area (Å²) in [4.78, 5) is 23.2. The zero-order valence-corrected chi connectivity index (χ0v) is 15.8. The van der Waals surface area contributed by atoms with Crippen molar-refractivity contribution in [1.82, 2.24) is 20.3 Å². The molecule has 1 unspecified atom stereocenters. The third-order valence-electron chi connectivity index (χ3n) is 5.14. The first-order chi connectivity index (χ1) is 14.0. The van der Waals surface area contributed by atoms with Crippen molar-refractivity contribution < 1.29 is 8.78 Å². The highest BCUT2D eigenvalue weighted by molar-refractivity contribution is 6.31. The number of aromatic amines is 2. The van der Waals surface area contributed by atoms with Gasteiger partial charge in [-0.15, -0.1) is 0 Å². The number of hydrogen-bond donors (Lipinski definition) is 4. The molecule has 0 amide bonds. The molecular weight excluding hydrogens is 400 g/mol. The molecule has 0 bridgehead atoms. The molecule has 0 aliphatic carbocycles. The number of benzene rings is 2. The van der Waals surface area contributed by atoms with Crippen LogP contribution in [0.3, 0.4) is 0 Å². The van der Waals surface area contributed by atoms with Crippen LogP contribution in [0.4, 0.5) is 14.5 Å². The minimum Gasteiger partial charge on any atom is -0.380 e. The first kappa shape index (κ1) is 18.1. The van der Waals surface area contributed by atoms with Crippen LogP contribution in [0.5, 0.6) is 0 Å². The summed E-state index contributed by atoms with van der Waals surface area (Å²) in [6, 6.07) is 7.30. The minimum absolute atomic E-state index is 0.0469. The number of anilines is 1. The van der Waals surface area contributed by atoms with Crippen LogP contribution in [-0.4, -0.2) is 34.1 Å². The van der Waals surface area contributed by atoms with Crippen LogP contribution in [0.15, 0.2) is 35.1 Å². The number of fused-ring (bicyclic) bond motifs is 2. The highest BCUT2D eigenvalue weighted by Crippen LogP contribution is 2.33. The van der Waals surface area contributed by atoms with E-state index in [1.165, 1.54) is 0 Å². The largest absolute Gasteiger partial charge is 0.380 e. The Hall–Kier alpha value is -2.97. The molecule has 5 rings (SSSR count). The van der Waals surface area contributed by atoms with Crippen molar-refractivity contribution in [2.45, 2.75) is 12.5 Å². The van der Waals surface area contributed by atoms with Gasteiger partial charge in [-0.2, -0.15) is 0 Å². The maximum Gasteiger partial charge on any atom is 0.261 e. The number of halogens is 3. The van der Waals surface area contributed by atoms with Crippen molar-refractivity contribution in [1.29, 1.82) is 0 Å². The second kappa shape index (κ2) is 6.82. The van der Waals surface area contributed by atoms with Crippen molar-refractivity contribution in [3.05, 3.63) is 57.3 Å². The van der Waals surface area contributed by atoms with Crippen LogP contribution in [0, 0.1) is 11.6 Å². The Morgan fingerprint density at radius 2 is 1.93 bits per heavy atom. The molecule has 1 fully saturated rings. The third kappa shape index (κ3) is 3.14. The molecule has 0 radical (unpaired) electrons. The number of pyridine rings is 1. The molecule has 1 atom stereocenters. The van der Waals surface area contributed by atoms with Gasteiger partial charge in [0.25, 0.3) is 5.56 Å². The Kier molecular flexibility index (Phi) is 4.25. The number of rotatable bonds is 3. The van der Waals surface area contributed by atoms with Crippen molar-refractivity contribution in [3.63, 3.8) is 0 Å². The van der Waals surface area contributed by atoms with Gasteiger partial charge in [-0.3, -0.25) is 4.79 Å². The van der Waals surface area contributed by atoms with E-state index in [0.717, 1.165) is 25.1 Å². The van der Waals surface area contributed by atoms with Gasteiger partial charge in [-0.05, 0) is 37.2 Å². The first-order valence-corrected chi connectivity index (χ1v) is 9.55. The number of hydrogen-bond acceptors (Lipinski definition) is 4. The normalized spacial score (nSPS) is 16.7. The monoisotopic (exact) mass is 415 g/mol. The van der Waals surface area contributed by atoms with Crippen LogP contribution in [0.2, 0.25) is 5.02 Å². The van der Waals surface area contributed by atoms with E-state index < -0.39 is 17.2 Å². The second-order valence-electron chi connectivity index (χ2n) is 7.10. The predicted octanol–water partition coefficient (Wildman–Crippen LogP) is 3.78. The topological polar surface area (TPSA) is 85.6 Å². The number of aromatic nitrogens is 3. The van der Waals surface area contributed by atoms with E-state index in [1.54, 1.807) is 18.2 Å². The van der Waals surface area contributed by atoms with Gasteiger partial charge in [0.1, 0.15) is 11.4 Å². The highest BCUT2D eigenvalue weighted by Gasteiger charge is 2.23. The zero-order valence-electron chi connectivity index (χ0n) is 15.1. The van der Waals surface area contributed by atoms with E-state index in [1.807, 2.05) is 0 Å². The molecule has 2 aromatic heterocycles. The lowest BCUT2D eigenvalue weighted by Gasteiger charge is -2.18. The zero-order chi connectivity index (χ0) is 20.1. The van der Waals surface area contributed by atoms with Crippen LogP contribution in [-0.2, 0) is 0 Å². The Bertz CT molecular complexity index is 1310. The SMILES string of the molecule is O=c1[nH]c2cc(F)c(F)cc2c(NC2CCNC2)c1-c1nc2ccc(Cl)cc2[nH]1. The quantitative estimate of drug-likeness (QED) is 0.410. The second-order valence-corrected chi connectivity index (χ2v) is 7.53. The van der Waals surface area contributed by atoms with Gasteiger partial charge in [0.2, 0.25) is 0 Å². The Labute approximate surface area is 168 Å². The predicted molar refractivity (Wildman–Crippen MR) is 109 cm³/mol. The maximum absolute atomic E-state index is 14.0. The average Bonchev–Trinajstić information content (AvgIpc) is 3.32. The summed E-state index contributed by atoms with van der Waals surface area (Å²) < 4.78 is 27.8. The molecular formula is C20H16ClF2N5O. The summed E-state index contributed by atoms with van der Waals surface area (Å²) in [5, 5.41) is 7.49. The number of H-pyrrole nitrogens is 2. The number of nitrogens with one attached hydrogen (secondary N) is 4. The van der Waals surface area contributed by atoms with Gasteiger partial charge >= 0.3 is 0 Å². The first-order valence-electron chi connectivity index (χ1n) is 9.17. The van der Waals surface area contributed by atoms with E-state index in [0.29, 0.717) is 39.5 Å². The molecule has 3 heterocycles. The van der Waals surface area contributed by atoms with E-state index in [-0.39, 0.29) is 17.1 Å². The van der Waals surface area contributed by atoms with Crippen molar-refractivity contribution in [2.75, 3.05) is 18.4 Å². The third-order valence-corrected chi connectivity index (χ3v) is 5.38. The van der Waals surface area contributed by atoms with Crippen LogP contribution < -0.4 is 16.2 Å². The summed E-state index contributed by atoms with van der Waals surface area (Å²) in [6.45, 7) is 1.54. The molecule has 9 heteroatoms. The van der Waals surface area contributed by atoms with Crippen LogP contribution >= 0.6 is 11.6 Å². The van der Waals surface area contributed by atoms with E-state index in [2.05, 4.69) is 25.6 Å². The summed E-state index contributed by atoms with van der Waals surface area (Å²) in [5.41, 5.74) is 1.73. The minimum atomic E-state index is -1.02. The highest BCUT2D eigenvalue weighted by atomic mass is 35.5. The molecule has 0 saturated carbocycles. The van der Waals surface area contributed by atoms with Crippen molar-refractivity contribution in [2.24, 2.45) is 0 Å². The van der Waals surface area contributed by atoms with E-state index in [9.17, 15) is 13.6 Å². The Morgan fingerprint density at radius 3 is 2.72 bits per heavy atom. The van der Waals surface area contributed by atoms with Gasteiger partial charge in [0.05, 0.1) is 22.2 Å².